The average molecular weight is 453 g/mol. The lowest BCUT2D eigenvalue weighted by Gasteiger charge is -2.20. The lowest BCUT2D eigenvalue weighted by atomic mass is 10.0. The molecule has 0 bridgehead atoms. The first-order chi connectivity index (χ1) is 15.1. The summed E-state index contributed by atoms with van der Waals surface area (Å²) in [7, 11) is 0. The molecule has 0 saturated carbocycles. The van der Waals surface area contributed by atoms with Crippen LogP contribution >= 0.6 is 0 Å². The smallest absolute Gasteiger partial charge is 0.298 e. The van der Waals surface area contributed by atoms with E-state index in [1.54, 1.807) is 0 Å². The van der Waals surface area contributed by atoms with E-state index in [1.165, 1.54) is 13.0 Å². The minimum absolute atomic E-state index is 0.294. The predicted octanol–water partition coefficient (Wildman–Crippen LogP) is 3.22. The maximum atomic E-state index is 14.6. The molecule has 2 N–H and O–H groups in total. The number of hydrogen-bond donors (Lipinski definition) is 2. The molecule has 3 rings (SSSR count). The quantitative estimate of drug-likeness (QED) is 0.562. The highest BCUT2D eigenvalue weighted by molar-refractivity contribution is 5.92. The van der Waals surface area contributed by atoms with Crippen molar-refractivity contribution in [2.45, 2.75) is 18.9 Å². The Labute approximate surface area is 177 Å². The fourth-order valence-corrected chi connectivity index (χ4v) is 2.98. The van der Waals surface area contributed by atoms with Crippen LogP contribution in [0.15, 0.2) is 53.3 Å². The maximum absolute atomic E-state index is 14.6. The van der Waals surface area contributed by atoms with Crippen molar-refractivity contribution >= 4 is 5.91 Å². The fourth-order valence-electron chi connectivity index (χ4n) is 2.98. The zero-order valence-corrected chi connectivity index (χ0v) is 16.5. The number of halogens is 5. The van der Waals surface area contributed by atoms with Gasteiger partial charge in [-0.25, -0.2) is 13.2 Å². The summed E-state index contributed by atoms with van der Waals surface area (Å²) >= 11 is 0. The second kappa shape index (κ2) is 8.87. The molecule has 1 amide bonds. The number of nitrogens with one attached hydrogen (secondary N) is 1. The summed E-state index contributed by atoms with van der Waals surface area (Å²) in [4.78, 5) is 24.6. The molecular formula is C21H16F5N3O3. The highest BCUT2D eigenvalue weighted by atomic mass is 19.3. The van der Waals surface area contributed by atoms with E-state index in [2.05, 4.69) is 10.4 Å². The molecule has 1 heterocycles. The first kappa shape index (κ1) is 23.1. The molecular weight excluding hydrogens is 437 g/mol. The first-order valence-corrected chi connectivity index (χ1v) is 9.20. The lowest BCUT2D eigenvalue weighted by Crippen LogP contribution is -2.32. The van der Waals surface area contributed by atoms with Crippen molar-refractivity contribution in [1.82, 2.24) is 15.1 Å². The topological polar surface area (TPSA) is 84.2 Å². The summed E-state index contributed by atoms with van der Waals surface area (Å²) in [6, 6.07) is 6.72. The molecule has 32 heavy (non-hydrogen) atoms. The van der Waals surface area contributed by atoms with Crippen LogP contribution in [0, 0.1) is 17.5 Å². The van der Waals surface area contributed by atoms with Crippen LogP contribution in [0.3, 0.4) is 0 Å². The number of aromatic nitrogens is 2. The van der Waals surface area contributed by atoms with Gasteiger partial charge in [0.1, 0.15) is 23.8 Å². The minimum atomic E-state index is -3.83. The van der Waals surface area contributed by atoms with Crippen molar-refractivity contribution in [1.29, 1.82) is 0 Å². The van der Waals surface area contributed by atoms with Gasteiger partial charge in [0.15, 0.2) is 11.6 Å². The van der Waals surface area contributed by atoms with Crippen LogP contribution in [0.5, 0.6) is 0 Å². The third kappa shape index (κ3) is 4.37. The Bertz CT molecular complexity index is 1210. The number of carbonyl (C=O) groups is 1. The first-order valence-electron chi connectivity index (χ1n) is 9.20. The monoisotopic (exact) mass is 453 g/mol. The summed E-state index contributed by atoms with van der Waals surface area (Å²) < 4.78 is 70.5. The molecule has 0 radical (unpaired) electrons. The van der Waals surface area contributed by atoms with Crippen LogP contribution < -0.4 is 10.9 Å². The van der Waals surface area contributed by atoms with E-state index in [9.17, 15) is 31.5 Å². The zero-order chi connectivity index (χ0) is 23.6. The van der Waals surface area contributed by atoms with E-state index in [0.717, 1.165) is 42.5 Å². The van der Waals surface area contributed by atoms with E-state index in [-0.39, 0.29) is 5.56 Å². The molecule has 168 valence electrons. The standard InChI is InChI=1S/C21H16F5N3O3/c1-11(12-4-2-5-13(18(12)24)21(25,26)10-30)27-20(32)16-8-9-17(31)29(28-16)19-14(22)6-3-7-15(19)23/h2-9,11,30H,10H2,1H3,(H,27,32)/t11-/m1/s1. The molecule has 1 aromatic heterocycles. The Morgan fingerprint density at radius 2 is 1.72 bits per heavy atom. The molecule has 3 aromatic rings. The number of amides is 1. The maximum Gasteiger partial charge on any atom is 0.298 e. The highest BCUT2D eigenvalue weighted by Gasteiger charge is 2.35. The number of hydrogen-bond acceptors (Lipinski definition) is 4. The van der Waals surface area contributed by atoms with Crippen LogP contribution in [0.1, 0.15) is 34.6 Å². The number of aliphatic hydroxyl groups is 1. The summed E-state index contributed by atoms with van der Waals surface area (Å²) in [6.07, 6.45) is 0. The van der Waals surface area contributed by atoms with Crippen LogP contribution in [-0.2, 0) is 5.92 Å². The Kier molecular flexibility index (Phi) is 6.40. The molecule has 0 aliphatic heterocycles. The van der Waals surface area contributed by atoms with E-state index in [4.69, 9.17) is 5.11 Å². The van der Waals surface area contributed by atoms with Crippen molar-refractivity contribution < 1.29 is 31.9 Å². The number of rotatable bonds is 6. The van der Waals surface area contributed by atoms with Gasteiger partial charge >= 0.3 is 0 Å². The second-order valence-electron chi connectivity index (χ2n) is 6.81. The average Bonchev–Trinajstić information content (AvgIpc) is 2.74. The SMILES string of the molecule is C[C@@H](NC(=O)c1ccc(=O)n(-c2c(F)cccc2F)n1)c1cccc(C(F)(F)CO)c1F. The van der Waals surface area contributed by atoms with E-state index in [0.29, 0.717) is 4.68 Å². The molecule has 11 heteroatoms. The number of nitrogens with zero attached hydrogens (tertiary/aromatic N) is 2. The number of para-hydroxylation sites is 1. The molecule has 0 spiro atoms. The van der Waals surface area contributed by atoms with Crippen LogP contribution in [0.4, 0.5) is 22.0 Å². The molecule has 0 unspecified atom stereocenters. The number of aliphatic hydroxyl groups excluding tert-OH is 1. The second-order valence-corrected chi connectivity index (χ2v) is 6.81. The third-order valence-corrected chi connectivity index (χ3v) is 4.62. The summed E-state index contributed by atoms with van der Waals surface area (Å²) in [5.74, 6) is -8.28. The van der Waals surface area contributed by atoms with Gasteiger partial charge in [-0.05, 0) is 31.2 Å². The molecule has 0 aliphatic rings. The Morgan fingerprint density at radius 1 is 1.09 bits per heavy atom. The van der Waals surface area contributed by atoms with E-state index < -0.39 is 64.4 Å². The fraction of sp³-hybridized carbons (Fsp3) is 0.190. The predicted molar refractivity (Wildman–Crippen MR) is 103 cm³/mol. The third-order valence-electron chi connectivity index (χ3n) is 4.62. The van der Waals surface area contributed by atoms with Crippen LogP contribution in [-0.4, -0.2) is 27.4 Å². The number of carbonyl (C=O) groups excluding carboxylic acids is 1. The molecule has 0 aliphatic carbocycles. The Morgan fingerprint density at radius 3 is 2.34 bits per heavy atom. The van der Waals surface area contributed by atoms with Gasteiger partial charge in [0.25, 0.3) is 17.4 Å². The lowest BCUT2D eigenvalue weighted by molar-refractivity contribution is -0.0584. The molecule has 0 fully saturated rings. The van der Waals surface area contributed by atoms with E-state index in [1.807, 2.05) is 0 Å². The van der Waals surface area contributed by atoms with E-state index >= 15 is 0 Å². The van der Waals surface area contributed by atoms with Gasteiger partial charge in [-0.1, -0.05) is 18.2 Å². The van der Waals surface area contributed by atoms with Crippen molar-refractivity contribution in [3.63, 3.8) is 0 Å². The largest absolute Gasteiger partial charge is 0.390 e. The van der Waals surface area contributed by atoms with Crippen molar-refractivity contribution in [3.8, 4) is 5.69 Å². The molecule has 6 nitrogen and oxygen atoms in total. The molecule has 1 atom stereocenters. The summed E-state index contributed by atoms with van der Waals surface area (Å²) in [5, 5.41) is 14.8. The van der Waals surface area contributed by atoms with Crippen molar-refractivity contribution in [2.24, 2.45) is 0 Å². The minimum Gasteiger partial charge on any atom is -0.390 e. The van der Waals surface area contributed by atoms with Crippen LogP contribution in [0.2, 0.25) is 0 Å². The Balaban J connectivity index is 1.92. The number of benzene rings is 2. The van der Waals surface area contributed by atoms with Crippen LogP contribution in [0.25, 0.3) is 5.69 Å². The summed E-state index contributed by atoms with van der Waals surface area (Å²) in [5.41, 5.74) is -3.47. The van der Waals surface area contributed by atoms with Crippen molar-refractivity contribution in [3.05, 3.63) is 93.2 Å². The Hall–Kier alpha value is -3.60. The van der Waals surface area contributed by atoms with Gasteiger partial charge < -0.3 is 10.4 Å². The molecule has 2 aromatic carbocycles. The normalized spacial score (nSPS) is 12.5. The van der Waals surface area contributed by atoms with Gasteiger partial charge in [0.05, 0.1) is 11.6 Å². The van der Waals surface area contributed by atoms with Gasteiger partial charge in [-0.3, -0.25) is 9.59 Å². The highest BCUT2D eigenvalue weighted by Crippen LogP contribution is 2.32. The number of alkyl halides is 2. The molecule has 0 saturated heterocycles. The van der Waals surface area contributed by atoms with Gasteiger partial charge in [-0.2, -0.15) is 18.6 Å². The zero-order valence-electron chi connectivity index (χ0n) is 16.5. The summed E-state index contributed by atoms with van der Waals surface area (Å²) in [6.45, 7) is -0.296. The van der Waals surface area contributed by atoms with Gasteiger partial charge in [-0.15, -0.1) is 0 Å². The van der Waals surface area contributed by atoms with Gasteiger partial charge in [0, 0.05) is 11.6 Å². The van der Waals surface area contributed by atoms with Gasteiger partial charge in [0.2, 0.25) is 0 Å². The van der Waals surface area contributed by atoms with Crippen molar-refractivity contribution in [2.75, 3.05) is 6.61 Å².